The van der Waals surface area contributed by atoms with Gasteiger partial charge in [-0.25, -0.2) is 9.97 Å². The van der Waals surface area contributed by atoms with Crippen molar-refractivity contribution >= 4 is 45.2 Å². The van der Waals surface area contributed by atoms with Crippen molar-refractivity contribution in [1.82, 2.24) is 9.97 Å². The Labute approximate surface area is 491 Å². The standard InChI is InChI=1S/C80H56N4/c1-5-17-57(18-6-1)61-31-35-65(36-32-61)69-25-15-27-75(55-69)83(71-47-39-63(40-48-71)59-21-9-3-10-22-59)73-51-43-67(44-52-73)79-80(82-78-30-14-13-29-77(78)81-79)68-45-53-74(54-46-68)84(72-49-41-64(42-50-72)60-23-11-4-12-24-60)76-28-16-26-70(56-76)66-37-33-62(34-38-66)58-19-7-2-8-20-58/h1-56H. The Bertz CT molecular complexity index is 4220. The van der Waals surface area contributed by atoms with Crippen LogP contribution in [0.4, 0.5) is 34.1 Å². The Balaban J connectivity index is 0.821. The molecule has 0 radical (unpaired) electrons. The number of fused-ring (bicyclic) bond motifs is 1. The molecule has 396 valence electrons. The highest BCUT2D eigenvalue weighted by Crippen LogP contribution is 2.42. The van der Waals surface area contributed by atoms with Crippen molar-refractivity contribution in [2.75, 3.05) is 9.80 Å². The van der Waals surface area contributed by atoms with Gasteiger partial charge in [-0.3, -0.25) is 0 Å². The lowest BCUT2D eigenvalue weighted by atomic mass is 9.99. The van der Waals surface area contributed by atoms with Crippen LogP contribution in [0.1, 0.15) is 0 Å². The van der Waals surface area contributed by atoms with Crippen LogP contribution in [-0.2, 0) is 0 Å². The predicted octanol–water partition coefficient (Wildman–Crippen LogP) is 21.9. The number of rotatable bonds is 14. The summed E-state index contributed by atoms with van der Waals surface area (Å²) in [7, 11) is 0. The molecule has 4 nitrogen and oxygen atoms in total. The fourth-order valence-corrected chi connectivity index (χ4v) is 11.3. The van der Waals surface area contributed by atoms with E-state index in [1.54, 1.807) is 0 Å². The summed E-state index contributed by atoms with van der Waals surface area (Å²) in [6.07, 6.45) is 0. The molecule has 1 aromatic heterocycles. The molecular formula is C80H56N4. The largest absolute Gasteiger partial charge is 0.310 e. The summed E-state index contributed by atoms with van der Waals surface area (Å²) >= 11 is 0. The van der Waals surface area contributed by atoms with Crippen LogP contribution in [0.15, 0.2) is 340 Å². The molecule has 14 aromatic rings. The molecule has 4 heteroatoms. The number of nitrogens with zero attached hydrogens (tertiary/aromatic N) is 4. The van der Waals surface area contributed by atoms with Gasteiger partial charge in [0.1, 0.15) is 0 Å². The fraction of sp³-hybridized carbons (Fsp3) is 0. The first-order valence-electron chi connectivity index (χ1n) is 28.5. The highest BCUT2D eigenvalue weighted by molar-refractivity contribution is 5.90. The molecule has 0 saturated carbocycles. The summed E-state index contributed by atoms with van der Waals surface area (Å²) in [5.41, 5.74) is 25.6. The van der Waals surface area contributed by atoms with Crippen LogP contribution in [0, 0.1) is 0 Å². The Morgan fingerprint density at radius 3 is 0.655 bits per heavy atom. The zero-order valence-electron chi connectivity index (χ0n) is 46.1. The van der Waals surface area contributed by atoms with Crippen LogP contribution in [0.2, 0.25) is 0 Å². The van der Waals surface area contributed by atoms with E-state index >= 15 is 0 Å². The smallest absolute Gasteiger partial charge is 0.0973 e. The van der Waals surface area contributed by atoms with Gasteiger partial charge in [0.2, 0.25) is 0 Å². The Kier molecular flexibility index (Phi) is 14.0. The van der Waals surface area contributed by atoms with Gasteiger partial charge in [0.25, 0.3) is 0 Å². The van der Waals surface area contributed by atoms with Crippen LogP contribution < -0.4 is 9.80 Å². The van der Waals surface area contributed by atoms with E-state index in [0.717, 1.165) is 101 Å². The van der Waals surface area contributed by atoms with Crippen LogP contribution in [-0.4, -0.2) is 9.97 Å². The molecule has 0 bridgehead atoms. The van der Waals surface area contributed by atoms with Gasteiger partial charge < -0.3 is 9.80 Å². The van der Waals surface area contributed by atoms with Crippen molar-refractivity contribution in [3.05, 3.63) is 340 Å². The minimum atomic E-state index is 0.812. The lowest BCUT2D eigenvalue weighted by molar-refractivity contribution is 1.26. The van der Waals surface area contributed by atoms with Gasteiger partial charge in [0, 0.05) is 45.3 Å². The first kappa shape index (κ1) is 51.0. The lowest BCUT2D eigenvalue weighted by Crippen LogP contribution is -2.10. The van der Waals surface area contributed by atoms with Gasteiger partial charge in [-0.15, -0.1) is 0 Å². The molecule has 14 rings (SSSR count). The average Bonchev–Trinajstić information content (AvgIpc) is 3.09. The van der Waals surface area contributed by atoms with Gasteiger partial charge in [-0.2, -0.15) is 0 Å². The second kappa shape index (κ2) is 23.1. The predicted molar refractivity (Wildman–Crippen MR) is 352 cm³/mol. The Morgan fingerprint density at radius 1 is 0.155 bits per heavy atom. The van der Waals surface area contributed by atoms with Crippen molar-refractivity contribution in [3.8, 4) is 89.3 Å². The molecule has 84 heavy (non-hydrogen) atoms. The van der Waals surface area contributed by atoms with Gasteiger partial charge in [0.05, 0.1) is 22.4 Å². The number of anilines is 6. The molecule has 0 atom stereocenters. The number of para-hydroxylation sites is 2. The summed E-state index contributed by atoms with van der Waals surface area (Å²) in [5.74, 6) is 0. The lowest BCUT2D eigenvalue weighted by Gasteiger charge is -2.27. The number of aromatic nitrogens is 2. The van der Waals surface area contributed by atoms with Crippen LogP contribution in [0.5, 0.6) is 0 Å². The normalized spacial score (nSPS) is 11.1. The van der Waals surface area contributed by atoms with E-state index in [1.807, 2.05) is 24.3 Å². The topological polar surface area (TPSA) is 32.3 Å². The summed E-state index contributed by atoms with van der Waals surface area (Å²) in [6, 6.07) is 121. The van der Waals surface area contributed by atoms with E-state index in [-0.39, 0.29) is 0 Å². The van der Waals surface area contributed by atoms with E-state index < -0.39 is 0 Å². The Hall–Kier alpha value is -11.2. The van der Waals surface area contributed by atoms with Crippen molar-refractivity contribution < 1.29 is 0 Å². The molecule has 0 fully saturated rings. The highest BCUT2D eigenvalue weighted by atomic mass is 15.1. The molecule has 13 aromatic carbocycles. The average molecular weight is 1070 g/mol. The first-order valence-corrected chi connectivity index (χ1v) is 28.5. The maximum Gasteiger partial charge on any atom is 0.0973 e. The molecule has 0 unspecified atom stereocenters. The molecule has 0 aliphatic carbocycles. The molecule has 1 heterocycles. The highest BCUT2D eigenvalue weighted by Gasteiger charge is 2.20. The quantitative estimate of drug-likeness (QED) is 0.109. The minimum Gasteiger partial charge on any atom is -0.310 e. The molecule has 0 saturated heterocycles. The SMILES string of the molecule is c1ccc(-c2ccc(-c3cccc(N(c4ccc(-c5ccccc5)cc4)c4ccc(-c5nc6ccccc6nc5-c5ccc(N(c6ccc(-c7ccccc7)cc6)c6cccc(-c7ccc(-c8ccccc8)cc7)c6)cc5)cc4)c3)cc2)cc1. The third kappa shape index (κ3) is 10.7. The van der Waals surface area contributed by atoms with Crippen molar-refractivity contribution in [1.29, 1.82) is 0 Å². The van der Waals surface area contributed by atoms with E-state index in [4.69, 9.17) is 9.97 Å². The van der Waals surface area contributed by atoms with E-state index in [1.165, 1.54) is 33.4 Å². The molecule has 0 N–H and O–H groups in total. The van der Waals surface area contributed by atoms with Crippen LogP contribution in [0.25, 0.3) is 100 Å². The first-order chi connectivity index (χ1) is 41.6. The van der Waals surface area contributed by atoms with E-state index in [2.05, 4.69) is 325 Å². The van der Waals surface area contributed by atoms with Gasteiger partial charge in [0.15, 0.2) is 0 Å². The monoisotopic (exact) mass is 1070 g/mol. The summed E-state index contributed by atoms with van der Waals surface area (Å²) in [6.45, 7) is 0. The summed E-state index contributed by atoms with van der Waals surface area (Å²) in [5, 5.41) is 0. The molecule has 0 aliphatic heterocycles. The molecule has 0 amide bonds. The maximum absolute atomic E-state index is 5.38. The summed E-state index contributed by atoms with van der Waals surface area (Å²) in [4.78, 5) is 15.4. The van der Waals surface area contributed by atoms with Crippen LogP contribution in [0.3, 0.4) is 0 Å². The van der Waals surface area contributed by atoms with Crippen molar-refractivity contribution in [3.63, 3.8) is 0 Å². The second-order valence-corrected chi connectivity index (χ2v) is 21.0. The van der Waals surface area contributed by atoms with Gasteiger partial charge in [-0.1, -0.05) is 255 Å². The minimum absolute atomic E-state index is 0.812. The zero-order chi connectivity index (χ0) is 56.0. The van der Waals surface area contributed by atoms with Crippen molar-refractivity contribution in [2.24, 2.45) is 0 Å². The van der Waals surface area contributed by atoms with Gasteiger partial charge >= 0.3 is 0 Å². The number of hydrogen-bond donors (Lipinski definition) is 0. The number of benzene rings is 13. The zero-order valence-corrected chi connectivity index (χ0v) is 46.1. The van der Waals surface area contributed by atoms with Crippen molar-refractivity contribution in [2.45, 2.75) is 0 Å². The third-order valence-electron chi connectivity index (χ3n) is 15.7. The molecular weight excluding hydrogens is 1020 g/mol. The number of hydrogen-bond acceptors (Lipinski definition) is 4. The fourth-order valence-electron chi connectivity index (χ4n) is 11.3. The van der Waals surface area contributed by atoms with E-state index in [0.29, 0.717) is 0 Å². The third-order valence-corrected chi connectivity index (χ3v) is 15.7. The summed E-state index contributed by atoms with van der Waals surface area (Å²) < 4.78 is 0. The molecule has 0 aliphatic rings. The Morgan fingerprint density at radius 2 is 0.369 bits per heavy atom. The molecule has 0 spiro atoms. The van der Waals surface area contributed by atoms with Crippen LogP contribution >= 0.6 is 0 Å². The van der Waals surface area contributed by atoms with E-state index in [9.17, 15) is 0 Å². The maximum atomic E-state index is 5.38. The van der Waals surface area contributed by atoms with Gasteiger partial charge in [-0.05, 0) is 152 Å². The second-order valence-electron chi connectivity index (χ2n) is 21.0.